The largest absolute Gasteiger partial charge is 0.480 e. The van der Waals surface area contributed by atoms with Gasteiger partial charge in [0.2, 0.25) is 0 Å². The van der Waals surface area contributed by atoms with Gasteiger partial charge in [-0.1, -0.05) is 23.7 Å². The lowest BCUT2D eigenvalue weighted by atomic mass is 9.97. The molecule has 1 atom stereocenters. The minimum Gasteiger partial charge on any atom is -0.480 e. The number of aliphatic carboxylic acids is 1. The highest BCUT2D eigenvalue weighted by Gasteiger charge is 2.24. The van der Waals surface area contributed by atoms with E-state index >= 15 is 0 Å². The van der Waals surface area contributed by atoms with E-state index in [0.717, 1.165) is 0 Å². The number of carbonyl (C=O) groups is 1. The Labute approximate surface area is 97.3 Å². The van der Waals surface area contributed by atoms with Crippen LogP contribution < -0.4 is 0 Å². The van der Waals surface area contributed by atoms with Crippen molar-refractivity contribution < 1.29 is 14.3 Å². The minimum absolute atomic E-state index is 0.398. The van der Waals surface area contributed by atoms with Gasteiger partial charge in [-0.15, -0.1) is 0 Å². The van der Waals surface area contributed by atoms with Crippen LogP contribution in [0.4, 0.5) is 0 Å². The van der Waals surface area contributed by atoms with E-state index in [-0.39, 0.29) is 0 Å². The predicted octanol–water partition coefficient (Wildman–Crippen LogP) is 3.15. The van der Waals surface area contributed by atoms with Gasteiger partial charge in [0.25, 0.3) is 0 Å². The molecule has 0 saturated carbocycles. The molecule has 1 unspecified atom stereocenters. The molecule has 0 amide bonds. The third kappa shape index (κ3) is 2.09. The molecule has 0 saturated heterocycles. The summed E-state index contributed by atoms with van der Waals surface area (Å²) in [6.45, 7) is 0. The first kappa shape index (κ1) is 10.8. The summed E-state index contributed by atoms with van der Waals surface area (Å²) >= 11 is 5.83. The number of furan rings is 1. The van der Waals surface area contributed by atoms with Gasteiger partial charge >= 0.3 is 5.97 Å². The van der Waals surface area contributed by atoms with Crippen LogP contribution in [0.25, 0.3) is 0 Å². The van der Waals surface area contributed by atoms with Gasteiger partial charge in [0.05, 0.1) is 6.26 Å². The van der Waals surface area contributed by atoms with Crippen molar-refractivity contribution in [2.45, 2.75) is 5.92 Å². The molecule has 82 valence electrons. The number of carboxylic acid groups (broad SMARTS) is 1. The Kier molecular flexibility index (Phi) is 2.97. The molecule has 3 nitrogen and oxygen atoms in total. The van der Waals surface area contributed by atoms with E-state index in [2.05, 4.69) is 0 Å². The van der Waals surface area contributed by atoms with Gasteiger partial charge in [0, 0.05) is 5.02 Å². The van der Waals surface area contributed by atoms with Crippen molar-refractivity contribution in [1.29, 1.82) is 0 Å². The molecule has 0 radical (unpaired) electrons. The van der Waals surface area contributed by atoms with Gasteiger partial charge in [-0.25, -0.2) is 0 Å². The SMILES string of the molecule is O=C(O)C(c1cccc(Cl)c1)c1ccco1. The van der Waals surface area contributed by atoms with E-state index in [9.17, 15) is 9.90 Å². The van der Waals surface area contributed by atoms with E-state index in [4.69, 9.17) is 16.0 Å². The second-order valence-corrected chi connectivity index (χ2v) is 3.78. The van der Waals surface area contributed by atoms with Crippen molar-refractivity contribution in [3.63, 3.8) is 0 Å². The van der Waals surface area contributed by atoms with Gasteiger partial charge in [-0.2, -0.15) is 0 Å². The molecule has 2 aromatic rings. The van der Waals surface area contributed by atoms with Crippen LogP contribution in [0.2, 0.25) is 5.02 Å². The molecule has 0 aliphatic heterocycles. The fraction of sp³-hybridized carbons (Fsp3) is 0.0833. The van der Waals surface area contributed by atoms with Crippen molar-refractivity contribution in [1.82, 2.24) is 0 Å². The van der Waals surface area contributed by atoms with Crippen LogP contribution in [0.3, 0.4) is 0 Å². The minimum atomic E-state index is -0.961. The average Bonchev–Trinajstić information content (AvgIpc) is 2.71. The molecule has 1 N–H and O–H groups in total. The summed E-state index contributed by atoms with van der Waals surface area (Å²) < 4.78 is 5.13. The molecule has 0 spiro atoms. The summed E-state index contributed by atoms with van der Waals surface area (Å²) in [7, 11) is 0. The molecule has 1 aromatic heterocycles. The zero-order valence-corrected chi connectivity index (χ0v) is 9.02. The van der Waals surface area contributed by atoms with Gasteiger partial charge in [0.15, 0.2) is 0 Å². The zero-order chi connectivity index (χ0) is 11.5. The van der Waals surface area contributed by atoms with Crippen LogP contribution in [0.1, 0.15) is 17.2 Å². The van der Waals surface area contributed by atoms with Crippen LogP contribution in [0.15, 0.2) is 47.1 Å². The molecule has 4 heteroatoms. The second-order valence-electron chi connectivity index (χ2n) is 3.34. The van der Waals surface area contributed by atoms with Crippen LogP contribution in [-0.4, -0.2) is 11.1 Å². The number of halogens is 1. The van der Waals surface area contributed by atoms with Crippen molar-refractivity contribution in [3.05, 3.63) is 59.0 Å². The van der Waals surface area contributed by atoms with E-state index < -0.39 is 11.9 Å². The molecule has 1 heterocycles. The number of benzene rings is 1. The molecule has 1 aromatic carbocycles. The van der Waals surface area contributed by atoms with Gasteiger partial charge in [-0.05, 0) is 29.8 Å². The van der Waals surface area contributed by atoms with Crippen LogP contribution in [0, 0.1) is 0 Å². The first-order chi connectivity index (χ1) is 7.68. The summed E-state index contributed by atoms with van der Waals surface area (Å²) in [5, 5.41) is 9.70. The Hall–Kier alpha value is -1.74. The molecule has 0 aliphatic carbocycles. The summed E-state index contributed by atoms with van der Waals surface area (Å²) in [5.74, 6) is -1.37. The lowest BCUT2D eigenvalue weighted by Crippen LogP contribution is -2.12. The van der Waals surface area contributed by atoms with Gasteiger partial charge in [0.1, 0.15) is 11.7 Å². The van der Waals surface area contributed by atoms with E-state index in [1.807, 2.05) is 0 Å². The molecule has 0 fully saturated rings. The van der Waals surface area contributed by atoms with Crippen LogP contribution in [0.5, 0.6) is 0 Å². The summed E-state index contributed by atoms with van der Waals surface area (Å²) in [5.41, 5.74) is 0.606. The number of carboxylic acids is 1. The topological polar surface area (TPSA) is 50.4 Å². The lowest BCUT2D eigenvalue weighted by molar-refractivity contribution is -0.138. The lowest BCUT2D eigenvalue weighted by Gasteiger charge is -2.10. The molecular formula is C12H9ClO3. The van der Waals surface area contributed by atoms with Crippen LogP contribution in [-0.2, 0) is 4.79 Å². The molecule has 0 bridgehead atoms. The second kappa shape index (κ2) is 4.41. The number of rotatable bonds is 3. The Morgan fingerprint density at radius 3 is 2.69 bits per heavy atom. The highest BCUT2D eigenvalue weighted by molar-refractivity contribution is 6.30. The summed E-state index contributed by atoms with van der Waals surface area (Å²) in [4.78, 5) is 11.2. The van der Waals surface area contributed by atoms with Gasteiger partial charge < -0.3 is 9.52 Å². The number of hydrogen-bond donors (Lipinski definition) is 1. The van der Waals surface area contributed by atoms with E-state index in [1.54, 1.807) is 36.4 Å². The van der Waals surface area contributed by atoms with Crippen molar-refractivity contribution in [2.24, 2.45) is 0 Å². The quantitative estimate of drug-likeness (QED) is 0.891. The third-order valence-corrected chi connectivity index (χ3v) is 2.49. The fourth-order valence-electron chi connectivity index (χ4n) is 1.57. The standard InChI is InChI=1S/C12H9ClO3/c13-9-4-1-3-8(7-9)11(12(14)15)10-5-2-6-16-10/h1-7,11H,(H,14,15). The molecule has 16 heavy (non-hydrogen) atoms. The number of hydrogen-bond acceptors (Lipinski definition) is 2. The maximum Gasteiger partial charge on any atom is 0.318 e. The Balaban J connectivity index is 2.45. The maximum atomic E-state index is 11.2. The van der Waals surface area contributed by atoms with Crippen molar-refractivity contribution in [3.8, 4) is 0 Å². The maximum absolute atomic E-state index is 11.2. The van der Waals surface area contributed by atoms with E-state index in [0.29, 0.717) is 16.3 Å². The van der Waals surface area contributed by atoms with Gasteiger partial charge in [-0.3, -0.25) is 4.79 Å². The normalized spacial score (nSPS) is 12.3. The Morgan fingerprint density at radius 2 is 2.12 bits per heavy atom. The summed E-state index contributed by atoms with van der Waals surface area (Å²) in [6.07, 6.45) is 1.45. The van der Waals surface area contributed by atoms with Crippen LogP contribution >= 0.6 is 11.6 Å². The highest BCUT2D eigenvalue weighted by Crippen LogP contribution is 2.27. The molecular weight excluding hydrogens is 228 g/mol. The third-order valence-electron chi connectivity index (χ3n) is 2.26. The Morgan fingerprint density at radius 1 is 1.31 bits per heavy atom. The van der Waals surface area contributed by atoms with E-state index in [1.165, 1.54) is 6.26 Å². The smallest absolute Gasteiger partial charge is 0.318 e. The van der Waals surface area contributed by atoms with Crippen molar-refractivity contribution in [2.75, 3.05) is 0 Å². The Bertz CT molecular complexity index is 491. The fourth-order valence-corrected chi connectivity index (χ4v) is 1.77. The highest BCUT2D eigenvalue weighted by atomic mass is 35.5. The monoisotopic (exact) mass is 236 g/mol. The summed E-state index contributed by atoms with van der Waals surface area (Å²) in [6, 6.07) is 10.1. The average molecular weight is 237 g/mol. The molecule has 2 rings (SSSR count). The first-order valence-corrected chi connectivity index (χ1v) is 5.08. The molecule has 0 aliphatic rings. The van der Waals surface area contributed by atoms with Crippen molar-refractivity contribution >= 4 is 17.6 Å². The first-order valence-electron chi connectivity index (χ1n) is 4.70. The predicted molar refractivity (Wildman–Crippen MR) is 59.6 cm³/mol. The zero-order valence-electron chi connectivity index (χ0n) is 8.26.